The van der Waals surface area contributed by atoms with Crippen LogP contribution in [-0.2, 0) is 0 Å². The lowest BCUT2D eigenvalue weighted by Crippen LogP contribution is -2.09. The number of rotatable bonds is 4. The molecule has 0 fully saturated rings. The summed E-state index contributed by atoms with van der Waals surface area (Å²) in [6.45, 7) is 0. The number of aromatic nitrogens is 1. The molecule has 0 saturated carbocycles. The molecule has 0 aliphatic rings. The Hall–Kier alpha value is -2.27. The zero-order valence-electron chi connectivity index (χ0n) is 10.9. The quantitative estimate of drug-likeness (QED) is 0.811. The first-order valence-corrected chi connectivity index (χ1v) is 6.06. The lowest BCUT2D eigenvalue weighted by molar-refractivity contribution is 0.0733. The van der Waals surface area contributed by atoms with Crippen LogP contribution in [0.3, 0.4) is 0 Å². The van der Waals surface area contributed by atoms with Gasteiger partial charge >= 0.3 is 5.97 Å². The molecule has 0 saturated heterocycles. The predicted molar refractivity (Wildman–Crippen MR) is 73.8 cm³/mol. The van der Waals surface area contributed by atoms with Crippen LogP contribution in [0.15, 0.2) is 36.7 Å². The maximum atomic E-state index is 12.0. The van der Waals surface area contributed by atoms with E-state index in [0.29, 0.717) is 22.1 Å². The van der Waals surface area contributed by atoms with Crippen LogP contribution in [0, 0.1) is 0 Å². The molecule has 0 aliphatic carbocycles. The third kappa shape index (κ3) is 3.19. The van der Waals surface area contributed by atoms with Gasteiger partial charge in [0.15, 0.2) is 17.2 Å². The van der Waals surface area contributed by atoms with Crippen molar-refractivity contribution < 1.29 is 19.0 Å². The fraction of sp³-hybridized carbons (Fsp3) is 0.143. The van der Waals surface area contributed by atoms with Crippen molar-refractivity contribution in [2.75, 3.05) is 14.2 Å². The van der Waals surface area contributed by atoms with Gasteiger partial charge in [-0.1, -0.05) is 11.6 Å². The van der Waals surface area contributed by atoms with Crippen LogP contribution in [0.2, 0.25) is 5.02 Å². The number of esters is 1. The lowest BCUT2D eigenvalue weighted by atomic mass is 10.2. The number of hydrogen-bond acceptors (Lipinski definition) is 5. The molecular weight excluding hydrogens is 282 g/mol. The van der Waals surface area contributed by atoms with E-state index in [9.17, 15) is 4.79 Å². The van der Waals surface area contributed by atoms with E-state index in [0.717, 1.165) is 0 Å². The first-order chi connectivity index (χ1) is 9.63. The molecule has 5 nitrogen and oxygen atoms in total. The molecule has 1 heterocycles. The molecule has 0 unspecified atom stereocenters. The van der Waals surface area contributed by atoms with Crippen LogP contribution >= 0.6 is 11.6 Å². The Morgan fingerprint density at radius 1 is 1.10 bits per heavy atom. The van der Waals surface area contributed by atoms with E-state index in [2.05, 4.69) is 4.98 Å². The van der Waals surface area contributed by atoms with E-state index in [1.54, 1.807) is 18.2 Å². The number of carbonyl (C=O) groups is 1. The normalized spacial score (nSPS) is 9.95. The summed E-state index contributed by atoms with van der Waals surface area (Å²) in [4.78, 5) is 15.8. The minimum Gasteiger partial charge on any atom is -0.493 e. The molecule has 1 aromatic carbocycles. The summed E-state index contributed by atoms with van der Waals surface area (Å²) in [7, 11) is 3.02. The van der Waals surface area contributed by atoms with E-state index in [-0.39, 0.29) is 5.75 Å². The standard InChI is InChI=1S/C14H12ClNO4/c1-18-12-4-3-9(5-13(12)19-2)14(17)20-11-6-10(15)7-16-8-11/h3-8H,1-2H3. The summed E-state index contributed by atoms with van der Waals surface area (Å²) in [6, 6.07) is 6.26. The van der Waals surface area contributed by atoms with Gasteiger partial charge in [0.25, 0.3) is 0 Å². The number of carbonyl (C=O) groups excluding carboxylic acids is 1. The molecule has 20 heavy (non-hydrogen) atoms. The highest BCUT2D eigenvalue weighted by atomic mass is 35.5. The van der Waals surface area contributed by atoms with Crippen LogP contribution in [0.4, 0.5) is 0 Å². The zero-order chi connectivity index (χ0) is 14.5. The summed E-state index contributed by atoms with van der Waals surface area (Å²) in [6.07, 6.45) is 2.86. The third-order valence-electron chi connectivity index (χ3n) is 2.51. The first kappa shape index (κ1) is 14.1. The Morgan fingerprint density at radius 2 is 1.85 bits per heavy atom. The van der Waals surface area contributed by atoms with Gasteiger partial charge in [-0.05, 0) is 18.2 Å². The molecule has 1 aromatic heterocycles. The van der Waals surface area contributed by atoms with Gasteiger partial charge in [-0.15, -0.1) is 0 Å². The summed E-state index contributed by atoms with van der Waals surface area (Å²) in [5.41, 5.74) is 0.336. The van der Waals surface area contributed by atoms with Gasteiger partial charge < -0.3 is 14.2 Å². The Kier molecular flexibility index (Phi) is 4.42. The van der Waals surface area contributed by atoms with Gasteiger partial charge in [0.05, 0.1) is 31.0 Å². The molecular formula is C14H12ClNO4. The number of nitrogens with zero attached hydrogens (tertiary/aromatic N) is 1. The van der Waals surface area contributed by atoms with Gasteiger partial charge in [0, 0.05) is 12.3 Å². The summed E-state index contributed by atoms with van der Waals surface area (Å²) < 4.78 is 15.4. The molecule has 0 N–H and O–H groups in total. The lowest BCUT2D eigenvalue weighted by Gasteiger charge is -2.09. The van der Waals surface area contributed by atoms with Crippen LogP contribution in [0.25, 0.3) is 0 Å². The average molecular weight is 294 g/mol. The van der Waals surface area contributed by atoms with E-state index >= 15 is 0 Å². The number of pyridine rings is 1. The van der Waals surface area contributed by atoms with Gasteiger partial charge in [-0.25, -0.2) is 4.79 Å². The summed E-state index contributed by atoms with van der Waals surface area (Å²) >= 11 is 5.77. The van der Waals surface area contributed by atoms with Crippen LogP contribution in [0.1, 0.15) is 10.4 Å². The highest BCUT2D eigenvalue weighted by Gasteiger charge is 2.13. The average Bonchev–Trinajstić information content (AvgIpc) is 2.46. The molecule has 6 heteroatoms. The Labute approximate surface area is 121 Å². The fourth-order valence-electron chi connectivity index (χ4n) is 1.58. The Morgan fingerprint density at radius 3 is 2.50 bits per heavy atom. The molecule has 0 aliphatic heterocycles. The van der Waals surface area contributed by atoms with Gasteiger partial charge in [-0.2, -0.15) is 0 Å². The highest BCUT2D eigenvalue weighted by Crippen LogP contribution is 2.28. The third-order valence-corrected chi connectivity index (χ3v) is 2.72. The maximum absolute atomic E-state index is 12.0. The second-order valence-electron chi connectivity index (χ2n) is 3.80. The highest BCUT2D eigenvalue weighted by molar-refractivity contribution is 6.30. The maximum Gasteiger partial charge on any atom is 0.343 e. The molecule has 0 radical (unpaired) electrons. The van der Waals surface area contributed by atoms with Gasteiger partial charge in [0.1, 0.15) is 0 Å². The largest absolute Gasteiger partial charge is 0.493 e. The van der Waals surface area contributed by atoms with Crippen molar-refractivity contribution in [2.45, 2.75) is 0 Å². The van der Waals surface area contributed by atoms with Crippen LogP contribution in [0.5, 0.6) is 17.2 Å². The number of benzene rings is 1. The molecule has 0 amide bonds. The predicted octanol–water partition coefficient (Wildman–Crippen LogP) is 2.97. The van der Waals surface area contributed by atoms with E-state index in [4.69, 9.17) is 25.8 Å². The van der Waals surface area contributed by atoms with Crippen LogP contribution < -0.4 is 14.2 Å². The molecule has 2 rings (SSSR count). The molecule has 0 bridgehead atoms. The van der Waals surface area contributed by atoms with E-state index in [1.807, 2.05) is 0 Å². The van der Waals surface area contributed by atoms with Crippen molar-refractivity contribution >= 4 is 17.6 Å². The van der Waals surface area contributed by atoms with Crippen molar-refractivity contribution in [2.24, 2.45) is 0 Å². The minimum atomic E-state index is -0.532. The zero-order valence-corrected chi connectivity index (χ0v) is 11.7. The van der Waals surface area contributed by atoms with E-state index in [1.165, 1.54) is 32.7 Å². The molecule has 0 spiro atoms. The fourth-order valence-corrected chi connectivity index (χ4v) is 1.74. The van der Waals surface area contributed by atoms with Crippen LogP contribution in [-0.4, -0.2) is 25.2 Å². The van der Waals surface area contributed by atoms with Crippen molar-refractivity contribution in [3.63, 3.8) is 0 Å². The Balaban J connectivity index is 2.21. The van der Waals surface area contributed by atoms with Gasteiger partial charge in [0.2, 0.25) is 0 Å². The number of hydrogen-bond donors (Lipinski definition) is 0. The number of halogens is 1. The second kappa shape index (κ2) is 6.25. The molecule has 0 atom stereocenters. The number of methoxy groups -OCH3 is 2. The SMILES string of the molecule is COc1ccc(C(=O)Oc2cncc(Cl)c2)cc1OC. The summed E-state index contributed by atoms with van der Waals surface area (Å²) in [5.74, 6) is 0.729. The smallest absolute Gasteiger partial charge is 0.343 e. The summed E-state index contributed by atoms with van der Waals surface area (Å²) in [5, 5.41) is 0.391. The van der Waals surface area contributed by atoms with Crippen molar-refractivity contribution in [1.82, 2.24) is 4.98 Å². The van der Waals surface area contributed by atoms with Crippen molar-refractivity contribution in [3.8, 4) is 17.2 Å². The second-order valence-corrected chi connectivity index (χ2v) is 4.23. The van der Waals surface area contributed by atoms with Gasteiger partial charge in [-0.3, -0.25) is 4.98 Å². The number of ether oxygens (including phenoxy) is 3. The monoisotopic (exact) mass is 293 g/mol. The first-order valence-electron chi connectivity index (χ1n) is 5.69. The van der Waals surface area contributed by atoms with Crippen molar-refractivity contribution in [1.29, 1.82) is 0 Å². The molecule has 104 valence electrons. The topological polar surface area (TPSA) is 57.7 Å². The van der Waals surface area contributed by atoms with Crippen molar-refractivity contribution in [3.05, 3.63) is 47.2 Å². The molecule has 2 aromatic rings. The van der Waals surface area contributed by atoms with E-state index < -0.39 is 5.97 Å². The minimum absolute atomic E-state index is 0.275. The Bertz CT molecular complexity index is 630.